The zero-order chi connectivity index (χ0) is 14.2. The Kier molecular flexibility index (Phi) is 3.92. The lowest BCUT2D eigenvalue weighted by Gasteiger charge is -2.40. The first-order valence-electron chi connectivity index (χ1n) is 9.11. The number of nitrogens with zero attached hydrogens (tertiary/aromatic N) is 3. The van der Waals surface area contributed by atoms with Crippen LogP contribution in [0, 0.1) is 0 Å². The van der Waals surface area contributed by atoms with Gasteiger partial charge in [0, 0.05) is 31.7 Å². The van der Waals surface area contributed by atoms with Gasteiger partial charge in [-0.2, -0.15) is 0 Å². The highest BCUT2D eigenvalue weighted by Crippen LogP contribution is 2.31. The summed E-state index contributed by atoms with van der Waals surface area (Å²) in [6.07, 6.45) is 10.3. The lowest BCUT2D eigenvalue weighted by molar-refractivity contribution is -0.139. The van der Waals surface area contributed by atoms with Gasteiger partial charge in [0.05, 0.1) is 6.04 Å². The van der Waals surface area contributed by atoms with Crippen molar-refractivity contribution < 1.29 is 4.79 Å². The van der Waals surface area contributed by atoms with E-state index < -0.39 is 0 Å². The minimum Gasteiger partial charge on any atom is -0.338 e. The maximum atomic E-state index is 13.0. The molecule has 0 aromatic heterocycles. The fraction of sp³-hybridized carbons (Fsp3) is 0.941. The molecule has 1 aliphatic carbocycles. The number of rotatable bonds is 2. The molecule has 3 aliphatic heterocycles. The minimum atomic E-state index is 0.209. The van der Waals surface area contributed by atoms with Gasteiger partial charge in [-0.25, -0.2) is 0 Å². The maximum Gasteiger partial charge on any atom is 0.240 e. The molecule has 4 rings (SSSR count). The van der Waals surface area contributed by atoms with Crippen LogP contribution in [0.15, 0.2) is 0 Å². The van der Waals surface area contributed by atoms with Gasteiger partial charge in [0.25, 0.3) is 0 Å². The van der Waals surface area contributed by atoms with Crippen LogP contribution in [0.5, 0.6) is 0 Å². The molecule has 0 bridgehead atoms. The maximum absolute atomic E-state index is 13.0. The molecule has 1 saturated carbocycles. The summed E-state index contributed by atoms with van der Waals surface area (Å²) in [5.74, 6) is 0.450. The highest BCUT2D eigenvalue weighted by Gasteiger charge is 2.40. The third-order valence-corrected chi connectivity index (χ3v) is 6.27. The Hall–Kier alpha value is -0.610. The van der Waals surface area contributed by atoms with E-state index in [1.807, 2.05) is 0 Å². The van der Waals surface area contributed by atoms with E-state index in [0.29, 0.717) is 18.0 Å². The molecule has 3 saturated heterocycles. The summed E-state index contributed by atoms with van der Waals surface area (Å²) in [5, 5.41) is 0. The molecule has 0 aromatic rings. The topological polar surface area (TPSA) is 26.8 Å². The van der Waals surface area contributed by atoms with Crippen LogP contribution in [0.4, 0.5) is 0 Å². The second-order valence-corrected chi connectivity index (χ2v) is 7.45. The molecule has 0 aromatic carbocycles. The first kappa shape index (κ1) is 14.0. The number of fused-ring (bicyclic) bond motifs is 1. The fourth-order valence-corrected chi connectivity index (χ4v) is 5.13. The van der Waals surface area contributed by atoms with Crippen LogP contribution in [-0.4, -0.2) is 71.5 Å². The van der Waals surface area contributed by atoms with E-state index in [2.05, 4.69) is 14.7 Å². The summed E-state index contributed by atoms with van der Waals surface area (Å²) >= 11 is 0. The van der Waals surface area contributed by atoms with Crippen molar-refractivity contribution in [3.8, 4) is 0 Å². The largest absolute Gasteiger partial charge is 0.338 e. The van der Waals surface area contributed by atoms with Crippen molar-refractivity contribution in [2.24, 2.45) is 0 Å². The molecule has 21 heavy (non-hydrogen) atoms. The van der Waals surface area contributed by atoms with Gasteiger partial charge in [-0.3, -0.25) is 14.6 Å². The van der Waals surface area contributed by atoms with Gasteiger partial charge in [0.1, 0.15) is 0 Å². The summed E-state index contributed by atoms with van der Waals surface area (Å²) in [5.41, 5.74) is 0. The van der Waals surface area contributed by atoms with Crippen LogP contribution in [0.3, 0.4) is 0 Å². The van der Waals surface area contributed by atoms with Gasteiger partial charge in [-0.05, 0) is 51.6 Å². The zero-order valence-corrected chi connectivity index (χ0v) is 13.2. The Balaban J connectivity index is 1.41. The SMILES string of the molecule is O=C(C1CCCN1C1CCCC1)N1CCN2CCCC2C1. The molecule has 4 nitrogen and oxygen atoms in total. The van der Waals surface area contributed by atoms with E-state index in [-0.39, 0.29) is 6.04 Å². The van der Waals surface area contributed by atoms with Crippen LogP contribution in [0.2, 0.25) is 0 Å². The number of hydrogen-bond donors (Lipinski definition) is 0. The Morgan fingerprint density at radius 3 is 2.38 bits per heavy atom. The number of carbonyl (C=O) groups excluding carboxylic acids is 1. The van der Waals surface area contributed by atoms with E-state index >= 15 is 0 Å². The third-order valence-electron chi connectivity index (χ3n) is 6.27. The molecule has 0 spiro atoms. The van der Waals surface area contributed by atoms with Crippen molar-refractivity contribution in [2.45, 2.75) is 69.5 Å². The molecule has 4 aliphatic rings. The van der Waals surface area contributed by atoms with Crippen LogP contribution >= 0.6 is 0 Å². The van der Waals surface area contributed by atoms with Gasteiger partial charge in [-0.1, -0.05) is 12.8 Å². The van der Waals surface area contributed by atoms with E-state index in [9.17, 15) is 4.79 Å². The van der Waals surface area contributed by atoms with Crippen molar-refractivity contribution in [3.05, 3.63) is 0 Å². The average Bonchev–Trinajstić information content (AvgIpc) is 3.24. The Labute approximate surface area is 128 Å². The Morgan fingerprint density at radius 1 is 0.762 bits per heavy atom. The van der Waals surface area contributed by atoms with Gasteiger partial charge in [0.2, 0.25) is 5.91 Å². The molecule has 4 heteroatoms. The summed E-state index contributed by atoms with van der Waals surface area (Å²) in [6, 6.07) is 1.57. The van der Waals surface area contributed by atoms with Crippen molar-refractivity contribution >= 4 is 5.91 Å². The van der Waals surface area contributed by atoms with Crippen molar-refractivity contribution in [1.29, 1.82) is 0 Å². The quantitative estimate of drug-likeness (QED) is 0.775. The van der Waals surface area contributed by atoms with Crippen molar-refractivity contribution in [2.75, 3.05) is 32.7 Å². The highest BCUT2D eigenvalue weighted by atomic mass is 16.2. The second kappa shape index (κ2) is 5.88. The summed E-state index contributed by atoms with van der Waals surface area (Å²) in [6.45, 7) is 5.47. The van der Waals surface area contributed by atoms with E-state index in [4.69, 9.17) is 0 Å². The van der Waals surface area contributed by atoms with Crippen LogP contribution in [-0.2, 0) is 4.79 Å². The molecule has 4 fully saturated rings. The Morgan fingerprint density at radius 2 is 1.52 bits per heavy atom. The standard InChI is InChI=1S/C17H29N3O/c21-17(19-12-11-18-9-3-7-15(18)13-19)16-8-4-10-20(16)14-5-1-2-6-14/h14-16H,1-13H2. The molecule has 1 amide bonds. The van der Waals surface area contributed by atoms with Crippen LogP contribution in [0.1, 0.15) is 51.4 Å². The molecular formula is C17H29N3O. The van der Waals surface area contributed by atoms with Gasteiger partial charge >= 0.3 is 0 Å². The lowest BCUT2D eigenvalue weighted by atomic mass is 10.1. The predicted octanol–water partition coefficient (Wildman–Crippen LogP) is 1.70. The molecule has 0 radical (unpaired) electrons. The lowest BCUT2D eigenvalue weighted by Crippen LogP contribution is -2.56. The summed E-state index contributed by atoms with van der Waals surface area (Å²) < 4.78 is 0. The molecular weight excluding hydrogens is 262 g/mol. The monoisotopic (exact) mass is 291 g/mol. The molecule has 0 N–H and O–H groups in total. The van der Waals surface area contributed by atoms with Crippen LogP contribution in [0.25, 0.3) is 0 Å². The molecule has 118 valence electrons. The van der Waals surface area contributed by atoms with E-state index in [1.54, 1.807) is 0 Å². The number of likely N-dealkylation sites (tertiary alicyclic amines) is 1. The van der Waals surface area contributed by atoms with Gasteiger partial charge in [-0.15, -0.1) is 0 Å². The normalized spacial score (nSPS) is 35.5. The van der Waals surface area contributed by atoms with E-state index in [1.165, 1.54) is 51.5 Å². The average molecular weight is 291 g/mol. The summed E-state index contributed by atoms with van der Waals surface area (Å²) in [7, 11) is 0. The third kappa shape index (κ3) is 2.61. The highest BCUT2D eigenvalue weighted by molar-refractivity contribution is 5.82. The second-order valence-electron chi connectivity index (χ2n) is 7.45. The number of piperazine rings is 1. The number of hydrogen-bond acceptors (Lipinski definition) is 3. The van der Waals surface area contributed by atoms with E-state index in [0.717, 1.165) is 32.6 Å². The fourth-order valence-electron chi connectivity index (χ4n) is 5.13. The predicted molar refractivity (Wildman–Crippen MR) is 83.2 cm³/mol. The van der Waals surface area contributed by atoms with Crippen LogP contribution < -0.4 is 0 Å². The number of carbonyl (C=O) groups is 1. The molecule has 2 unspecified atom stereocenters. The Bertz CT molecular complexity index is 393. The first-order chi connectivity index (χ1) is 10.3. The molecule has 2 atom stereocenters. The smallest absolute Gasteiger partial charge is 0.240 e. The number of amides is 1. The summed E-state index contributed by atoms with van der Waals surface area (Å²) in [4.78, 5) is 20.4. The van der Waals surface area contributed by atoms with Gasteiger partial charge < -0.3 is 4.90 Å². The van der Waals surface area contributed by atoms with Crippen molar-refractivity contribution in [1.82, 2.24) is 14.7 Å². The first-order valence-corrected chi connectivity index (χ1v) is 9.11. The van der Waals surface area contributed by atoms with Gasteiger partial charge in [0.15, 0.2) is 0 Å². The van der Waals surface area contributed by atoms with Crippen molar-refractivity contribution in [3.63, 3.8) is 0 Å². The minimum absolute atomic E-state index is 0.209. The zero-order valence-electron chi connectivity index (χ0n) is 13.2. The molecule has 3 heterocycles.